The molecule has 0 fully saturated rings. The maximum Gasteiger partial charge on any atom is 0.329 e. The van der Waals surface area contributed by atoms with Gasteiger partial charge >= 0.3 is 11.8 Å². The number of carbonyl (C=O) groups excluding carboxylic acids is 3. The number of benzene rings is 3. The van der Waals surface area contributed by atoms with Crippen molar-refractivity contribution in [3.63, 3.8) is 0 Å². The number of rotatable bonds is 12. The van der Waals surface area contributed by atoms with Crippen LogP contribution in [-0.2, 0) is 14.4 Å². The highest BCUT2D eigenvalue weighted by molar-refractivity contribution is 6.39. The van der Waals surface area contributed by atoms with E-state index in [1.807, 2.05) is 6.92 Å². The van der Waals surface area contributed by atoms with Crippen molar-refractivity contribution in [3.05, 3.63) is 77.3 Å². The minimum absolute atomic E-state index is 0.265. The van der Waals surface area contributed by atoms with E-state index in [4.69, 9.17) is 25.8 Å². The molecule has 0 saturated carbocycles. The molecule has 0 aliphatic carbocycles. The van der Waals surface area contributed by atoms with Crippen LogP contribution in [0.3, 0.4) is 0 Å². The van der Waals surface area contributed by atoms with Crippen LogP contribution in [0.25, 0.3) is 0 Å². The number of halogens is 1. The molecule has 0 aliphatic heterocycles. The summed E-state index contributed by atoms with van der Waals surface area (Å²) in [5.74, 6) is -0.805. The fraction of sp³-hybridized carbons (Fsp3) is 0.214. The average molecular weight is 553 g/mol. The Morgan fingerprint density at radius 1 is 0.872 bits per heavy atom. The van der Waals surface area contributed by atoms with Crippen molar-refractivity contribution >= 4 is 46.9 Å². The van der Waals surface area contributed by atoms with Crippen LogP contribution in [-0.4, -0.2) is 43.8 Å². The molecule has 11 heteroatoms. The third-order valence-electron chi connectivity index (χ3n) is 4.95. The van der Waals surface area contributed by atoms with Gasteiger partial charge in [0.15, 0.2) is 18.1 Å². The molecule has 0 heterocycles. The summed E-state index contributed by atoms with van der Waals surface area (Å²) >= 11 is 6.06. The van der Waals surface area contributed by atoms with Gasteiger partial charge in [0.25, 0.3) is 5.91 Å². The molecule has 0 aliphatic rings. The van der Waals surface area contributed by atoms with Crippen molar-refractivity contribution in [2.75, 3.05) is 30.5 Å². The minimum Gasteiger partial charge on any atom is -0.494 e. The van der Waals surface area contributed by atoms with Gasteiger partial charge < -0.3 is 24.8 Å². The summed E-state index contributed by atoms with van der Waals surface area (Å²) < 4.78 is 16.7. The van der Waals surface area contributed by atoms with Gasteiger partial charge in [-0.25, -0.2) is 5.43 Å². The van der Waals surface area contributed by atoms with Crippen molar-refractivity contribution in [3.8, 4) is 17.2 Å². The Balaban J connectivity index is 1.52. The fourth-order valence-corrected chi connectivity index (χ4v) is 3.33. The number of hydrogen-bond acceptors (Lipinski definition) is 7. The number of nitrogens with one attached hydrogen (secondary N) is 3. The molecule has 3 N–H and O–H groups in total. The molecule has 0 bridgehead atoms. The Kier molecular flexibility index (Phi) is 11.1. The topological polar surface area (TPSA) is 127 Å². The van der Waals surface area contributed by atoms with Gasteiger partial charge in [0.05, 0.1) is 30.1 Å². The number of para-hydroxylation sites is 1. The van der Waals surface area contributed by atoms with Gasteiger partial charge in [0.2, 0.25) is 0 Å². The Bertz CT molecular complexity index is 1310. The van der Waals surface area contributed by atoms with E-state index in [0.717, 1.165) is 6.42 Å². The molecule has 204 valence electrons. The first kappa shape index (κ1) is 29.0. The summed E-state index contributed by atoms with van der Waals surface area (Å²) in [5.41, 5.74) is 3.67. The summed E-state index contributed by atoms with van der Waals surface area (Å²) in [6.45, 7) is 4.49. The van der Waals surface area contributed by atoms with E-state index in [0.29, 0.717) is 52.4 Å². The van der Waals surface area contributed by atoms with Crippen molar-refractivity contribution in [2.45, 2.75) is 20.3 Å². The van der Waals surface area contributed by atoms with Crippen molar-refractivity contribution < 1.29 is 28.6 Å². The normalized spacial score (nSPS) is 10.5. The van der Waals surface area contributed by atoms with E-state index in [1.54, 1.807) is 73.7 Å². The Morgan fingerprint density at radius 2 is 1.64 bits per heavy atom. The Morgan fingerprint density at radius 3 is 2.36 bits per heavy atom. The monoisotopic (exact) mass is 552 g/mol. The molecule has 10 nitrogen and oxygen atoms in total. The summed E-state index contributed by atoms with van der Waals surface area (Å²) in [6.07, 6.45) is 2.23. The Labute approximate surface area is 231 Å². The predicted octanol–water partition coefficient (Wildman–Crippen LogP) is 4.63. The quantitative estimate of drug-likeness (QED) is 0.171. The van der Waals surface area contributed by atoms with E-state index in [1.165, 1.54) is 6.21 Å². The molecule has 3 aromatic rings. The van der Waals surface area contributed by atoms with E-state index < -0.39 is 17.7 Å². The number of hydrogen-bond donors (Lipinski definition) is 3. The standard InChI is InChI=1S/C28H29ClN4O6/c1-3-15-38-21-12-10-20(11-13-21)31-27(35)28(36)33-30-17-19-9-14-24(25(16-19)37-4-2)39-18-26(34)32-23-8-6-5-7-22(23)29/h5-14,16-17H,3-4,15,18H2,1-2H3,(H,31,35)(H,32,34)(H,33,36)/b30-17-. The second-order valence-corrected chi connectivity index (χ2v) is 8.39. The molecule has 0 radical (unpaired) electrons. The van der Waals surface area contributed by atoms with Crippen LogP contribution in [0.15, 0.2) is 71.8 Å². The van der Waals surface area contributed by atoms with E-state index in [-0.39, 0.29) is 6.61 Å². The number of amides is 3. The molecule has 0 saturated heterocycles. The molecular formula is C28H29ClN4O6. The summed E-state index contributed by atoms with van der Waals surface area (Å²) in [6, 6.07) is 18.4. The summed E-state index contributed by atoms with van der Waals surface area (Å²) in [7, 11) is 0. The van der Waals surface area contributed by atoms with E-state index >= 15 is 0 Å². The molecular weight excluding hydrogens is 524 g/mol. The maximum absolute atomic E-state index is 12.3. The predicted molar refractivity (Wildman–Crippen MR) is 150 cm³/mol. The first-order valence-electron chi connectivity index (χ1n) is 12.2. The van der Waals surface area contributed by atoms with Gasteiger partial charge in [-0.2, -0.15) is 5.10 Å². The van der Waals surface area contributed by atoms with Gasteiger partial charge in [-0.3, -0.25) is 14.4 Å². The lowest BCUT2D eigenvalue weighted by atomic mass is 10.2. The molecule has 0 unspecified atom stereocenters. The van der Waals surface area contributed by atoms with Crippen LogP contribution in [0.2, 0.25) is 5.02 Å². The number of hydrazone groups is 1. The van der Waals surface area contributed by atoms with Crippen LogP contribution in [0.4, 0.5) is 11.4 Å². The van der Waals surface area contributed by atoms with Crippen LogP contribution in [0.1, 0.15) is 25.8 Å². The van der Waals surface area contributed by atoms with Crippen LogP contribution >= 0.6 is 11.6 Å². The summed E-state index contributed by atoms with van der Waals surface area (Å²) in [5, 5.41) is 9.42. The molecule has 3 amide bonds. The van der Waals surface area contributed by atoms with Crippen LogP contribution in [0, 0.1) is 0 Å². The summed E-state index contributed by atoms with van der Waals surface area (Å²) in [4.78, 5) is 36.5. The van der Waals surface area contributed by atoms with E-state index in [2.05, 4.69) is 21.2 Å². The first-order valence-corrected chi connectivity index (χ1v) is 12.6. The fourth-order valence-electron chi connectivity index (χ4n) is 3.14. The molecule has 0 aromatic heterocycles. The van der Waals surface area contributed by atoms with Crippen LogP contribution in [0.5, 0.6) is 17.2 Å². The zero-order valence-electron chi connectivity index (χ0n) is 21.5. The van der Waals surface area contributed by atoms with Crippen molar-refractivity contribution in [1.82, 2.24) is 5.43 Å². The van der Waals surface area contributed by atoms with Gasteiger partial charge in [-0.15, -0.1) is 0 Å². The highest BCUT2D eigenvalue weighted by atomic mass is 35.5. The molecule has 3 aromatic carbocycles. The number of anilines is 2. The number of ether oxygens (including phenoxy) is 3. The Hall–Kier alpha value is -4.57. The third kappa shape index (κ3) is 9.35. The van der Waals surface area contributed by atoms with E-state index in [9.17, 15) is 14.4 Å². The SMILES string of the molecule is CCCOc1ccc(NC(=O)C(=O)N/N=C\c2ccc(OCC(=O)Nc3ccccc3Cl)c(OCC)c2)cc1. The largest absolute Gasteiger partial charge is 0.494 e. The average Bonchev–Trinajstić information content (AvgIpc) is 2.93. The highest BCUT2D eigenvalue weighted by Gasteiger charge is 2.14. The van der Waals surface area contributed by atoms with Crippen molar-refractivity contribution in [2.24, 2.45) is 5.10 Å². The van der Waals surface area contributed by atoms with Crippen molar-refractivity contribution in [1.29, 1.82) is 0 Å². The van der Waals surface area contributed by atoms with Gasteiger partial charge in [0, 0.05) is 5.69 Å². The molecule has 39 heavy (non-hydrogen) atoms. The molecule has 0 spiro atoms. The number of nitrogens with zero attached hydrogens (tertiary/aromatic N) is 1. The zero-order chi connectivity index (χ0) is 28.0. The molecule has 0 atom stereocenters. The van der Waals surface area contributed by atoms with Crippen LogP contribution < -0.4 is 30.3 Å². The lowest BCUT2D eigenvalue weighted by molar-refractivity contribution is -0.136. The number of carbonyl (C=O) groups is 3. The van der Waals surface area contributed by atoms with Gasteiger partial charge in [-0.05, 0) is 73.5 Å². The zero-order valence-corrected chi connectivity index (χ0v) is 22.3. The lowest BCUT2D eigenvalue weighted by Gasteiger charge is -2.13. The highest BCUT2D eigenvalue weighted by Crippen LogP contribution is 2.28. The smallest absolute Gasteiger partial charge is 0.329 e. The second kappa shape index (κ2) is 15.0. The maximum atomic E-state index is 12.3. The minimum atomic E-state index is -0.938. The van der Waals surface area contributed by atoms with Gasteiger partial charge in [-0.1, -0.05) is 30.7 Å². The molecule has 3 rings (SSSR count). The van der Waals surface area contributed by atoms with Gasteiger partial charge in [0.1, 0.15) is 5.75 Å². The third-order valence-corrected chi connectivity index (χ3v) is 5.27. The second-order valence-electron chi connectivity index (χ2n) is 7.98. The lowest BCUT2D eigenvalue weighted by Crippen LogP contribution is -2.32. The first-order chi connectivity index (χ1) is 18.9.